The second-order valence-electron chi connectivity index (χ2n) is 6.52. The van der Waals surface area contributed by atoms with E-state index in [1.165, 1.54) is 0 Å². The van der Waals surface area contributed by atoms with Gasteiger partial charge in [0.15, 0.2) is 0 Å². The molecule has 1 amide bonds. The summed E-state index contributed by atoms with van der Waals surface area (Å²) in [4.78, 5) is 14.7. The molecule has 0 aliphatic carbocycles. The number of amides is 1. The molecule has 1 saturated heterocycles. The van der Waals surface area contributed by atoms with E-state index in [1.807, 2.05) is 0 Å². The van der Waals surface area contributed by atoms with E-state index in [0.29, 0.717) is 23.8 Å². The third kappa shape index (κ3) is 3.95. The lowest BCUT2D eigenvalue weighted by Crippen LogP contribution is -2.46. The summed E-state index contributed by atoms with van der Waals surface area (Å²) in [5.74, 6) is 1.48. The van der Waals surface area contributed by atoms with Crippen molar-refractivity contribution >= 4 is 5.91 Å². The van der Waals surface area contributed by atoms with Gasteiger partial charge in [0.2, 0.25) is 5.91 Å². The smallest absolute Gasteiger partial charge is 0.241 e. The molecule has 1 aliphatic rings. The van der Waals surface area contributed by atoms with Gasteiger partial charge in [-0.05, 0) is 31.6 Å². The molecule has 1 rings (SSSR count). The lowest BCUT2D eigenvalue weighted by Gasteiger charge is -2.34. The fraction of sp³-hybridized carbons (Fsp3) is 0.938. The van der Waals surface area contributed by atoms with Gasteiger partial charge in [-0.3, -0.25) is 10.1 Å². The predicted octanol–water partition coefficient (Wildman–Crippen LogP) is 3.39. The topological polar surface area (TPSA) is 32.3 Å². The Labute approximate surface area is 119 Å². The molecule has 0 spiro atoms. The predicted molar refractivity (Wildman–Crippen MR) is 80.8 cm³/mol. The van der Waals surface area contributed by atoms with Gasteiger partial charge < -0.3 is 4.90 Å². The van der Waals surface area contributed by atoms with E-state index in [-0.39, 0.29) is 12.2 Å². The van der Waals surface area contributed by atoms with Crippen LogP contribution in [0.2, 0.25) is 0 Å². The number of rotatable bonds is 7. The molecule has 4 unspecified atom stereocenters. The van der Waals surface area contributed by atoms with Gasteiger partial charge in [-0.25, -0.2) is 0 Å². The third-order valence-electron chi connectivity index (χ3n) is 4.46. The van der Waals surface area contributed by atoms with Crippen LogP contribution in [0, 0.1) is 11.8 Å². The average Bonchev–Trinajstić information content (AvgIpc) is 2.64. The highest BCUT2D eigenvalue weighted by atomic mass is 16.2. The molecule has 1 N–H and O–H groups in total. The number of nitrogens with one attached hydrogen (secondary N) is 1. The molecule has 0 aromatic rings. The highest BCUT2D eigenvalue weighted by Crippen LogP contribution is 2.26. The maximum atomic E-state index is 12.6. The number of carbonyl (C=O) groups excluding carboxylic acids is 1. The summed E-state index contributed by atoms with van der Waals surface area (Å²) < 4.78 is 0. The Morgan fingerprint density at radius 1 is 1.21 bits per heavy atom. The number of nitrogens with zero attached hydrogens (tertiary/aromatic N) is 1. The molecule has 0 aromatic heterocycles. The molecular formula is C16H32N2O. The quantitative estimate of drug-likeness (QED) is 0.767. The van der Waals surface area contributed by atoms with E-state index in [0.717, 1.165) is 25.7 Å². The van der Waals surface area contributed by atoms with Crippen LogP contribution in [0.4, 0.5) is 0 Å². The van der Waals surface area contributed by atoms with E-state index in [1.54, 1.807) is 0 Å². The van der Waals surface area contributed by atoms with Crippen LogP contribution in [0.5, 0.6) is 0 Å². The van der Waals surface area contributed by atoms with Crippen LogP contribution in [0.1, 0.15) is 67.2 Å². The maximum Gasteiger partial charge on any atom is 0.241 e. The minimum Gasteiger partial charge on any atom is -0.323 e. The molecule has 0 radical (unpaired) electrons. The molecule has 0 bridgehead atoms. The van der Waals surface area contributed by atoms with Crippen molar-refractivity contribution in [3.63, 3.8) is 0 Å². The van der Waals surface area contributed by atoms with Gasteiger partial charge in [-0.15, -0.1) is 0 Å². The lowest BCUT2D eigenvalue weighted by molar-refractivity contribution is -0.133. The van der Waals surface area contributed by atoms with E-state index >= 15 is 0 Å². The van der Waals surface area contributed by atoms with Crippen LogP contribution in [-0.2, 0) is 4.79 Å². The summed E-state index contributed by atoms with van der Waals surface area (Å²) in [6.07, 6.45) is 4.42. The van der Waals surface area contributed by atoms with Crippen molar-refractivity contribution in [2.45, 2.75) is 85.5 Å². The SMILES string of the molecule is CCCC1NC(CC(C)C)N(C(C)C(C)CC)C1=O. The zero-order valence-corrected chi connectivity index (χ0v) is 13.6. The molecule has 0 saturated carbocycles. The minimum atomic E-state index is 0.0419. The molecule has 19 heavy (non-hydrogen) atoms. The van der Waals surface area contributed by atoms with Gasteiger partial charge in [-0.1, -0.05) is 47.5 Å². The second-order valence-corrected chi connectivity index (χ2v) is 6.52. The maximum absolute atomic E-state index is 12.6. The Morgan fingerprint density at radius 2 is 1.84 bits per heavy atom. The van der Waals surface area contributed by atoms with Crippen molar-refractivity contribution in [2.75, 3.05) is 0 Å². The van der Waals surface area contributed by atoms with Crippen LogP contribution in [-0.4, -0.2) is 29.1 Å². The minimum absolute atomic E-state index is 0.0419. The fourth-order valence-corrected chi connectivity index (χ4v) is 2.94. The van der Waals surface area contributed by atoms with Gasteiger partial charge in [0, 0.05) is 6.04 Å². The molecule has 1 fully saturated rings. The van der Waals surface area contributed by atoms with Crippen molar-refractivity contribution in [3.8, 4) is 0 Å². The molecule has 4 atom stereocenters. The first-order valence-corrected chi connectivity index (χ1v) is 8.00. The van der Waals surface area contributed by atoms with E-state index in [2.05, 4.69) is 51.8 Å². The third-order valence-corrected chi connectivity index (χ3v) is 4.46. The number of hydrogen-bond donors (Lipinski definition) is 1. The highest BCUT2D eigenvalue weighted by Gasteiger charge is 2.41. The Hall–Kier alpha value is -0.570. The normalized spacial score (nSPS) is 27.1. The highest BCUT2D eigenvalue weighted by molar-refractivity contribution is 5.84. The van der Waals surface area contributed by atoms with Crippen LogP contribution in [0.3, 0.4) is 0 Å². The van der Waals surface area contributed by atoms with Crippen LogP contribution < -0.4 is 5.32 Å². The average molecular weight is 268 g/mol. The number of hydrogen-bond acceptors (Lipinski definition) is 2. The summed E-state index contributed by atoms with van der Waals surface area (Å²) in [5.41, 5.74) is 0. The zero-order valence-electron chi connectivity index (χ0n) is 13.6. The molecule has 3 nitrogen and oxygen atoms in total. The first kappa shape index (κ1) is 16.5. The Morgan fingerprint density at radius 3 is 2.32 bits per heavy atom. The zero-order chi connectivity index (χ0) is 14.6. The van der Waals surface area contributed by atoms with E-state index in [4.69, 9.17) is 0 Å². The molecule has 1 aliphatic heterocycles. The molecular weight excluding hydrogens is 236 g/mol. The largest absolute Gasteiger partial charge is 0.323 e. The Balaban J connectivity index is 2.84. The molecule has 112 valence electrons. The first-order valence-electron chi connectivity index (χ1n) is 8.00. The second kappa shape index (κ2) is 7.28. The van der Waals surface area contributed by atoms with Gasteiger partial charge in [0.1, 0.15) is 0 Å². The first-order chi connectivity index (χ1) is 8.92. The van der Waals surface area contributed by atoms with Crippen LogP contribution >= 0.6 is 0 Å². The summed E-state index contributed by atoms with van der Waals surface area (Å²) in [6, 6.07) is 0.371. The fourth-order valence-electron chi connectivity index (χ4n) is 2.94. The van der Waals surface area contributed by atoms with Gasteiger partial charge >= 0.3 is 0 Å². The van der Waals surface area contributed by atoms with E-state index < -0.39 is 0 Å². The van der Waals surface area contributed by atoms with Crippen molar-refractivity contribution in [2.24, 2.45) is 11.8 Å². The lowest BCUT2D eigenvalue weighted by atomic mass is 9.97. The molecule has 3 heteroatoms. The molecule has 1 heterocycles. The summed E-state index contributed by atoms with van der Waals surface area (Å²) in [6.45, 7) is 13.3. The van der Waals surface area contributed by atoms with Crippen molar-refractivity contribution < 1.29 is 4.79 Å². The van der Waals surface area contributed by atoms with Gasteiger partial charge in [-0.2, -0.15) is 0 Å². The van der Waals surface area contributed by atoms with Crippen LogP contribution in [0.15, 0.2) is 0 Å². The van der Waals surface area contributed by atoms with Gasteiger partial charge in [0.25, 0.3) is 0 Å². The number of carbonyl (C=O) groups is 1. The van der Waals surface area contributed by atoms with Crippen molar-refractivity contribution in [1.82, 2.24) is 10.2 Å². The van der Waals surface area contributed by atoms with Crippen LogP contribution in [0.25, 0.3) is 0 Å². The Kier molecular flexibility index (Phi) is 6.31. The summed E-state index contributed by atoms with van der Waals surface area (Å²) in [5, 5.41) is 3.56. The monoisotopic (exact) mass is 268 g/mol. The Bertz CT molecular complexity index is 290. The van der Waals surface area contributed by atoms with Crippen molar-refractivity contribution in [1.29, 1.82) is 0 Å². The van der Waals surface area contributed by atoms with E-state index in [9.17, 15) is 4.79 Å². The molecule has 0 aromatic carbocycles. The van der Waals surface area contributed by atoms with Gasteiger partial charge in [0.05, 0.1) is 12.2 Å². The summed E-state index contributed by atoms with van der Waals surface area (Å²) >= 11 is 0. The standard InChI is InChI=1S/C16H32N2O/c1-7-9-14-16(19)18(13(6)12(5)8-2)15(17-14)10-11(3)4/h11-15,17H,7-10H2,1-6H3. The van der Waals surface area contributed by atoms with Crippen molar-refractivity contribution in [3.05, 3.63) is 0 Å². The summed E-state index contributed by atoms with van der Waals surface area (Å²) in [7, 11) is 0.